The van der Waals surface area contributed by atoms with Gasteiger partial charge in [0.1, 0.15) is 0 Å². The first-order chi connectivity index (χ1) is 11.6. The maximum atomic E-state index is 12.4. The van der Waals surface area contributed by atoms with Crippen LogP contribution in [0.2, 0.25) is 0 Å². The number of hydrogen-bond donors (Lipinski definition) is 2. The van der Waals surface area contributed by atoms with Crippen molar-refractivity contribution in [3.8, 4) is 0 Å². The minimum Gasteiger partial charge on any atom is -0.332 e. The summed E-state index contributed by atoms with van der Waals surface area (Å²) in [5.74, 6) is -0.252. The normalized spacial score (nSPS) is 10.5. The maximum absolute atomic E-state index is 12.4. The molecule has 1 heterocycles. The lowest BCUT2D eigenvalue weighted by Gasteiger charge is -2.08. The number of hydrogen-bond acceptors (Lipinski definition) is 3. The monoisotopic (exact) mass is 337 g/mol. The van der Waals surface area contributed by atoms with E-state index in [1.54, 1.807) is 36.4 Å². The summed E-state index contributed by atoms with van der Waals surface area (Å²) in [7, 11) is 0. The zero-order valence-electron chi connectivity index (χ0n) is 12.8. The lowest BCUT2D eigenvalue weighted by molar-refractivity contribution is 0.102. The number of amides is 1. The third-order valence-electron chi connectivity index (χ3n) is 3.59. The van der Waals surface area contributed by atoms with E-state index in [1.807, 2.05) is 18.2 Å². The van der Waals surface area contributed by atoms with Gasteiger partial charge in [-0.25, -0.2) is 0 Å². The molecule has 0 unspecified atom stereocenters. The molecule has 0 spiro atoms. The van der Waals surface area contributed by atoms with Crippen molar-refractivity contribution in [3.63, 3.8) is 0 Å². The van der Waals surface area contributed by atoms with Crippen LogP contribution < -0.4 is 10.9 Å². The van der Waals surface area contributed by atoms with Crippen LogP contribution in [-0.2, 0) is 6.54 Å². The van der Waals surface area contributed by atoms with Crippen LogP contribution in [0.25, 0.3) is 10.9 Å². The minimum absolute atomic E-state index is 0.205. The molecule has 0 fully saturated rings. The van der Waals surface area contributed by atoms with Gasteiger partial charge in [0, 0.05) is 17.8 Å². The van der Waals surface area contributed by atoms with Gasteiger partial charge in [-0.15, -0.1) is 6.58 Å². The molecule has 24 heavy (non-hydrogen) atoms. The lowest BCUT2D eigenvalue weighted by Crippen LogP contribution is -2.22. The molecule has 0 radical (unpaired) electrons. The number of nitrogens with one attached hydrogen (secondary N) is 2. The molecule has 0 aliphatic carbocycles. The summed E-state index contributed by atoms with van der Waals surface area (Å²) in [5.41, 5.74) is 1.48. The van der Waals surface area contributed by atoms with E-state index < -0.39 is 0 Å². The van der Waals surface area contributed by atoms with Gasteiger partial charge in [0.25, 0.3) is 11.5 Å². The second kappa shape index (κ2) is 6.64. The van der Waals surface area contributed by atoms with Crippen LogP contribution in [0, 0.1) is 4.77 Å². The second-order valence-electron chi connectivity index (χ2n) is 5.22. The molecule has 6 heteroatoms. The van der Waals surface area contributed by atoms with Crippen molar-refractivity contribution in [1.82, 2.24) is 9.55 Å². The Morgan fingerprint density at radius 3 is 2.71 bits per heavy atom. The summed E-state index contributed by atoms with van der Waals surface area (Å²) in [6.07, 6.45) is 1.61. The van der Waals surface area contributed by atoms with Crippen LogP contribution in [0.15, 0.2) is 66.0 Å². The highest BCUT2D eigenvalue weighted by atomic mass is 32.1. The van der Waals surface area contributed by atoms with Crippen LogP contribution in [0.3, 0.4) is 0 Å². The van der Waals surface area contributed by atoms with Gasteiger partial charge in [0.05, 0.1) is 10.9 Å². The fraction of sp³-hybridized carbons (Fsp3) is 0.0556. The number of H-pyrrole nitrogens is 1. The quantitative estimate of drug-likeness (QED) is 0.566. The largest absolute Gasteiger partial charge is 0.332 e. The highest BCUT2D eigenvalue weighted by Crippen LogP contribution is 2.13. The number of rotatable bonds is 4. The lowest BCUT2D eigenvalue weighted by atomic mass is 10.1. The van der Waals surface area contributed by atoms with Crippen LogP contribution in [0.5, 0.6) is 0 Å². The number of carbonyl (C=O) groups is 1. The van der Waals surface area contributed by atoms with Crippen LogP contribution in [-0.4, -0.2) is 15.5 Å². The molecule has 5 nitrogen and oxygen atoms in total. The highest BCUT2D eigenvalue weighted by Gasteiger charge is 2.10. The van der Waals surface area contributed by atoms with Crippen molar-refractivity contribution in [2.45, 2.75) is 6.54 Å². The maximum Gasteiger partial charge on any atom is 0.262 e. The summed E-state index contributed by atoms with van der Waals surface area (Å²) in [4.78, 5) is 27.8. The molecule has 120 valence electrons. The van der Waals surface area contributed by atoms with Gasteiger partial charge in [0.2, 0.25) is 0 Å². The topological polar surface area (TPSA) is 66.9 Å². The Morgan fingerprint density at radius 2 is 2.00 bits per heavy atom. The van der Waals surface area contributed by atoms with Crippen molar-refractivity contribution >= 4 is 34.7 Å². The van der Waals surface area contributed by atoms with Gasteiger partial charge in [0.15, 0.2) is 4.77 Å². The average Bonchev–Trinajstić information content (AvgIpc) is 2.59. The first kappa shape index (κ1) is 15.9. The molecule has 3 aromatic rings. The molecular weight excluding hydrogens is 322 g/mol. The zero-order chi connectivity index (χ0) is 17.1. The first-order valence-electron chi connectivity index (χ1n) is 7.34. The van der Waals surface area contributed by atoms with E-state index in [0.717, 1.165) is 0 Å². The third-order valence-corrected chi connectivity index (χ3v) is 3.91. The van der Waals surface area contributed by atoms with Gasteiger partial charge in [-0.1, -0.05) is 24.3 Å². The Hall–Kier alpha value is -2.99. The molecule has 0 aliphatic heterocycles. The van der Waals surface area contributed by atoms with Crippen molar-refractivity contribution < 1.29 is 4.79 Å². The van der Waals surface area contributed by atoms with Crippen molar-refractivity contribution in [3.05, 3.63) is 81.9 Å². The van der Waals surface area contributed by atoms with Crippen LogP contribution in [0.1, 0.15) is 10.4 Å². The van der Waals surface area contributed by atoms with E-state index in [4.69, 9.17) is 12.2 Å². The van der Waals surface area contributed by atoms with Crippen molar-refractivity contribution in [2.75, 3.05) is 5.32 Å². The third kappa shape index (κ3) is 3.04. The van der Waals surface area contributed by atoms with E-state index in [2.05, 4.69) is 16.9 Å². The number of carbonyl (C=O) groups excluding carboxylic acids is 1. The first-order valence-corrected chi connectivity index (χ1v) is 7.75. The van der Waals surface area contributed by atoms with E-state index >= 15 is 0 Å². The predicted molar refractivity (Wildman–Crippen MR) is 98.0 cm³/mol. The number of nitrogens with zero attached hydrogens (tertiary/aromatic N) is 1. The molecule has 1 aromatic heterocycles. The Bertz CT molecular complexity index is 1040. The number of aromatic amines is 1. The van der Waals surface area contributed by atoms with Crippen molar-refractivity contribution in [2.24, 2.45) is 0 Å². The summed E-state index contributed by atoms with van der Waals surface area (Å²) < 4.78 is 1.72. The Kier molecular flexibility index (Phi) is 4.39. The molecule has 0 saturated heterocycles. The van der Waals surface area contributed by atoms with E-state index in [1.165, 1.54) is 4.57 Å². The molecule has 2 N–H and O–H groups in total. The van der Waals surface area contributed by atoms with Gasteiger partial charge >= 0.3 is 0 Å². The molecule has 1 amide bonds. The smallest absolute Gasteiger partial charge is 0.262 e. The average molecular weight is 337 g/mol. The van der Waals surface area contributed by atoms with E-state index in [-0.39, 0.29) is 11.5 Å². The second-order valence-corrected chi connectivity index (χ2v) is 5.60. The molecule has 0 saturated carbocycles. The molecular formula is C18H15N3O2S. The van der Waals surface area contributed by atoms with Gasteiger partial charge in [-0.2, -0.15) is 0 Å². The SMILES string of the molecule is C=CCn1c(=S)[nH]c2cc(C(=O)Nc3ccccc3)ccc2c1=O. The standard InChI is InChI=1S/C18H15N3O2S/c1-2-10-21-17(23)14-9-8-12(11-15(14)20-18(21)24)16(22)19-13-6-4-3-5-7-13/h2-9,11H,1,10H2,(H,19,22)(H,20,24). The summed E-state index contributed by atoms with van der Waals surface area (Å²) in [5, 5.41) is 3.28. The Morgan fingerprint density at radius 1 is 1.25 bits per heavy atom. The van der Waals surface area contributed by atoms with Crippen molar-refractivity contribution in [1.29, 1.82) is 0 Å². The molecule has 0 atom stereocenters. The number of aromatic nitrogens is 2. The number of allylic oxidation sites excluding steroid dienone is 1. The minimum atomic E-state index is -0.252. The number of anilines is 1. The Balaban J connectivity index is 2.01. The Labute approximate surface area is 143 Å². The molecule has 0 bridgehead atoms. The summed E-state index contributed by atoms with van der Waals surface area (Å²) >= 11 is 5.21. The summed E-state index contributed by atoms with van der Waals surface area (Å²) in [6.45, 7) is 3.96. The molecule has 2 aromatic carbocycles. The van der Waals surface area contributed by atoms with E-state index in [9.17, 15) is 9.59 Å². The number of fused-ring (bicyclic) bond motifs is 1. The van der Waals surface area contributed by atoms with E-state index in [0.29, 0.717) is 33.5 Å². The molecule has 0 aliphatic rings. The number of benzene rings is 2. The highest BCUT2D eigenvalue weighted by molar-refractivity contribution is 7.71. The molecule has 3 rings (SSSR count). The van der Waals surface area contributed by atoms with Crippen LogP contribution >= 0.6 is 12.2 Å². The summed E-state index contributed by atoms with van der Waals surface area (Å²) in [6, 6.07) is 14.0. The van der Waals surface area contributed by atoms with Gasteiger partial charge in [-0.3, -0.25) is 14.2 Å². The zero-order valence-corrected chi connectivity index (χ0v) is 13.6. The fourth-order valence-electron chi connectivity index (χ4n) is 2.42. The number of para-hydroxylation sites is 1. The predicted octanol–water partition coefficient (Wildman–Crippen LogP) is 3.50. The fourth-order valence-corrected chi connectivity index (χ4v) is 2.68. The van der Waals surface area contributed by atoms with Gasteiger partial charge < -0.3 is 10.3 Å². The van der Waals surface area contributed by atoms with Crippen LogP contribution in [0.4, 0.5) is 5.69 Å². The van der Waals surface area contributed by atoms with Gasteiger partial charge in [-0.05, 0) is 42.5 Å².